The smallest absolute Gasteiger partial charge is 0.273 e. The molecular weight excluding hydrogens is 358 g/mol. The number of amides is 2. The quantitative estimate of drug-likeness (QED) is 0.745. The lowest BCUT2D eigenvalue weighted by atomic mass is 9.94. The van der Waals surface area contributed by atoms with E-state index < -0.39 is 0 Å². The maximum Gasteiger partial charge on any atom is 0.273 e. The Morgan fingerprint density at radius 3 is 2.74 bits per heavy atom. The van der Waals surface area contributed by atoms with Gasteiger partial charge in [-0.3, -0.25) is 9.59 Å². The molecule has 0 bridgehead atoms. The SMILES string of the molecule is CC(=O)Nc1nc(C(=O)N2CC=C(c3cccc4ccccc34)CC2)cs1. The van der Waals surface area contributed by atoms with Gasteiger partial charge in [-0.25, -0.2) is 4.98 Å². The number of nitrogens with one attached hydrogen (secondary N) is 1. The standard InChI is InChI=1S/C21H19N3O2S/c1-14(25)22-21-23-19(13-27-21)20(26)24-11-9-16(10-12-24)18-8-4-6-15-5-2-3-7-17(15)18/h2-9,13H,10-12H2,1H3,(H,22,23,25). The van der Waals surface area contributed by atoms with Gasteiger partial charge in [0.1, 0.15) is 5.69 Å². The van der Waals surface area contributed by atoms with E-state index >= 15 is 0 Å². The van der Waals surface area contributed by atoms with Crippen LogP contribution in [0.5, 0.6) is 0 Å². The summed E-state index contributed by atoms with van der Waals surface area (Å²) in [5, 5.41) is 7.23. The van der Waals surface area contributed by atoms with Gasteiger partial charge in [0.25, 0.3) is 5.91 Å². The van der Waals surface area contributed by atoms with Crippen LogP contribution in [-0.2, 0) is 4.79 Å². The maximum atomic E-state index is 12.7. The molecule has 1 N–H and O–H groups in total. The molecule has 0 saturated carbocycles. The third-order valence-corrected chi connectivity index (χ3v) is 5.40. The van der Waals surface area contributed by atoms with Crippen LogP contribution < -0.4 is 5.32 Å². The lowest BCUT2D eigenvalue weighted by Crippen LogP contribution is -2.34. The predicted molar refractivity (Wildman–Crippen MR) is 109 cm³/mol. The topological polar surface area (TPSA) is 62.3 Å². The molecule has 0 atom stereocenters. The first-order chi connectivity index (χ1) is 13.1. The molecule has 136 valence electrons. The number of benzene rings is 2. The van der Waals surface area contributed by atoms with Crippen LogP contribution in [0.25, 0.3) is 16.3 Å². The van der Waals surface area contributed by atoms with Crippen molar-refractivity contribution in [2.45, 2.75) is 13.3 Å². The molecule has 0 aliphatic carbocycles. The summed E-state index contributed by atoms with van der Waals surface area (Å²) in [6.45, 7) is 2.64. The second kappa shape index (κ2) is 7.32. The third kappa shape index (κ3) is 3.61. The molecule has 2 aromatic carbocycles. The highest BCUT2D eigenvalue weighted by molar-refractivity contribution is 7.14. The van der Waals surface area contributed by atoms with Gasteiger partial charge in [0.15, 0.2) is 5.13 Å². The number of rotatable bonds is 3. The first-order valence-corrected chi connectivity index (χ1v) is 9.69. The van der Waals surface area contributed by atoms with E-state index in [2.05, 4.69) is 52.8 Å². The molecule has 6 heteroatoms. The lowest BCUT2D eigenvalue weighted by molar-refractivity contribution is -0.114. The summed E-state index contributed by atoms with van der Waals surface area (Å²) in [7, 11) is 0. The molecule has 0 fully saturated rings. The summed E-state index contributed by atoms with van der Waals surface area (Å²) in [5.74, 6) is -0.292. The summed E-state index contributed by atoms with van der Waals surface area (Å²) in [6.07, 6.45) is 2.94. The Morgan fingerprint density at radius 2 is 1.96 bits per heavy atom. The fraction of sp³-hybridized carbons (Fsp3) is 0.190. The fourth-order valence-corrected chi connectivity index (χ4v) is 4.08. The van der Waals surface area contributed by atoms with Crippen LogP contribution in [0.1, 0.15) is 29.4 Å². The third-order valence-electron chi connectivity index (χ3n) is 4.64. The van der Waals surface area contributed by atoms with E-state index in [0.29, 0.717) is 23.9 Å². The molecule has 1 aromatic heterocycles. The summed E-state index contributed by atoms with van der Waals surface area (Å²) in [5.41, 5.74) is 2.89. The molecule has 0 spiro atoms. The second-order valence-electron chi connectivity index (χ2n) is 6.48. The van der Waals surface area contributed by atoms with E-state index in [1.807, 2.05) is 6.07 Å². The zero-order valence-electron chi connectivity index (χ0n) is 14.9. The van der Waals surface area contributed by atoms with Gasteiger partial charge in [-0.05, 0) is 28.3 Å². The summed E-state index contributed by atoms with van der Waals surface area (Å²) >= 11 is 1.26. The van der Waals surface area contributed by atoms with Crippen molar-refractivity contribution in [3.63, 3.8) is 0 Å². The van der Waals surface area contributed by atoms with Crippen LogP contribution in [0.3, 0.4) is 0 Å². The number of hydrogen-bond acceptors (Lipinski definition) is 4. The van der Waals surface area contributed by atoms with Crippen molar-refractivity contribution >= 4 is 44.6 Å². The Kier molecular flexibility index (Phi) is 4.73. The van der Waals surface area contributed by atoms with Crippen LogP contribution in [0.2, 0.25) is 0 Å². The van der Waals surface area contributed by atoms with Crippen LogP contribution in [0, 0.1) is 0 Å². The van der Waals surface area contributed by atoms with Gasteiger partial charge in [0.2, 0.25) is 5.91 Å². The first-order valence-electron chi connectivity index (χ1n) is 8.81. The second-order valence-corrected chi connectivity index (χ2v) is 7.33. The molecule has 27 heavy (non-hydrogen) atoms. The molecular formula is C21H19N3O2S. The molecule has 0 saturated heterocycles. The van der Waals surface area contributed by atoms with Gasteiger partial charge >= 0.3 is 0 Å². The molecule has 0 radical (unpaired) electrons. The van der Waals surface area contributed by atoms with Crippen LogP contribution in [0.4, 0.5) is 5.13 Å². The largest absolute Gasteiger partial charge is 0.333 e. The van der Waals surface area contributed by atoms with E-state index in [1.165, 1.54) is 40.2 Å². The van der Waals surface area contributed by atoms with E-state index in [9.17, 15) is 9.59 Å². The lowest BCUT2D eigenvalue weighted by Gasteiger charge is -2.26. The van der Waals surface area contributed by atoms with E-state index in [-0.39, 0.29) is 11.8 Å². The molecule has 0 unspecified atom stereocenters. The maximum absolute atomic E-state index is 12.7. The Morgan fingerprint density at radius 1 is 1.15 bits per heavy atom. The average molecular weight is 377 g/mol. The predicted octanol–water partition coefficient (Wildman–Crippen LogP) is 4.18. The Balaban J connectivity index is 1.52. The molecule has 2 amide bonds. The zero-order valence-corrected chi connectivity index (χ0v) is 15.8. The summed E-state index contributed by atoms with van der Waals surface area (Å²) in [4.78, 5) is 29.8. The van der Waals surface area contributed by atoms with Gasteiger partial charge in [0.05, 0.1) is 0 Å². The van der Waals surface area contributed by atoms with Gasteiger partial charge in [-0.15, -0.1) is 11.3 Å². The minimum absolute atomic E-state index is 0.101. The molecule has 1 aliphatic heterocycles. The molecule has 4 rings (SSSR count). The average Bonchev–Trinajstić information content (AvgIpc) is 3.15. The highest BCUT2D eigenvalue weighted by Crippen LogP contribution is 2.29. The van der Waals surface area contributed by atoms with Gasteiger partial charge in [0, 0.05) is 25.4 Å². The summed E-state index contributed by atoms with van der Waals surface area (Å²) in [6, 6.07) is 14.7. The number of nitrogens with zero attached hydrogens (tertiary/aromatic N) is 2. The minimum atomic E-state index is -0.191. The van der Waals surface area contributed by atoms with Crippen molar-refractivity contribution in [3.05, 3.63) is 65.2 Å². The normalized spacial score (nSPS) is 14.1. The van der Waals surface area contributed by atoms with Gasteiger partial charge in [-0.1, -0.05) is 48.5 Å². The van der Waals surface area contributed by atoms with Crippen LogP contribution in [-0.4, -0.2) is 34.8 Å². The highest BCUT2D eigenvalue weighted by Gasteiger charge is 2.22. The molecule has 1 aliphatic rings. The van der Waals surface area contributed by atoms with Crippen molar-refractivity contribution < 1.29 is 9.59 Å². The van der Waals surface area contributed by atoms with Crippen LogP contribution in [0.15, 0.2) is 53.9 Å². The highest BCUT2D eigenvalue weighted by atomic mass is 32.1. The Labute approximate surface area is 161 Å². The number of hydrogen-bond donors (Lipinski definition) is 1. The number of fused-ring (bicyclic) bond motifs is 1. The van der Waals surface area contributed by atoms with Crippen molar-refractivity contribution in [2.75, 3.05) is 18.4 Å². The van der Waals surface area contributed by atoms with Crippen molar-refractivity contribution in [1.29, 1.82) is 0 Å². The fourth-order valence-electron chi connectivity index (χ4n) is 3.35. The molecule has 2 heterocycles. The Bertz CT molecular complexity index is 1050. The van der Waals surface area contributed by atoms with Crippen molar-refractivity contribution in [3.8, 4) is 0 Å². The van der Waals surface area contributed by atoms with E-state index in [0.717, 1.165) is 6.42 Å². The van der Waals surface area contributed by atoms with E-state index in [1.54, 1.807) is 10.3 Å². The van der Waals surface area contributed by atoms with Crippen molar-refractivity contribution in [1.82, 2.24) is 9.88 Å². The van der Waals surface area contributed by atoms with Crippen molar-refractivity contribution in [2.24, 2.45) is 0 Å². The first kappa shape index (κ1) is 17.4. The number of aromatic nitrogens is 1. The molecule has 3 aromatic rings. The number of anilines is 1. The van der Waals surface area contributed by atoms with Gasteiger partial charge in [-0.2, -0.15) is 0 Å². The minimum Gasteiger partial charge on any atom is -0.333 e. The Hall–Kier alpha value is -2.99. The zero-order chi connectivity index (χ0) is 18.8. The van der Waals surface area contributed by atoms with Gasteiger partial charge < -0.3 is 10.2 Å². The monoisotopic (exact) mass is 377 g/mol. The summed E-state index contributed by atoms with van der Waals surface area (Å²) < 4.78 is 0. The number of thiazole rings is 1. The molecule has 5 nitrogen and oxygen atoms in total. The number of carbonyl (C=O) groups is 2. The number of carbonyl (C=O) groups excluding carboxylic acids is 2. The van der Waals surface area contributed by atoms with Crippen LogP contribution >= 0.6 is 11.3 Å². The van der Waals surface area contributed by atoms with E-state index in [4.69, 9.17) is 0 Å².